The number of allylic oxidation sites excluding steroid dienone is 1. The molecule has 160 valence electrons. The van der Waals surface area contributed by atoms with Crippen LogP contribution in [-0.4, -0.2) is 47.5 Å². The van der Waals surface area contributed by atoms with Gasteiger partial charge in [0, 0.05) is 23.1 Å². The molecule has 5 rings (SSSR count). The van der Waals surface area contributed by atoms with Gasteiger partial charge < -0.3 is 19.8 Å². The lowest BCUT2D eigenvalue weighted by Gasteiger charge is -2.62. The number of piperidine rings is 1. The molecule has 1 heterocycles. The molecule has 3 aliphatic rings. The predicted molar refractivity (Wildman–Crippen MR) is 118 cm³/mol. The van der Waals surface area contributed by atoms with Crippen molar-refractivity contribution >= 4 is 0 Å². The van der Waals surface area contributed by atoms with Gasteiger partial charge in [0.2, 0.25) is 0 Å². The molecule has 1 saturated heterocycles. The van der Waals surface area contributed by atoms with Crippen molar-refractivity contribution in [2.75, 3.05) is 20.7 Å². The summed E-state index contributed by atoms with van der Waals surface area (Å²) in [5.74, 6) is 0.441. The van der Waals surface area contributed by atoms with Crippen LogP contribution in [0.1, 0.15) is 29.5 Å². The van der Waals surface area contributed by atoms with Gasteiger partial charge in [0.15, 0.2) is 11.5 Å². The fraction of sp³-hybridized carbons (Fsp3) is 0.423. The van der Waals surface area contributed by atoms with Crippen molar-refractivity contribution < 1.29 is 14.9 Å². The van der Waals surface area contributed by atoms with Gasteiger partial charge in [0.25, 0.3) is 0 Å². The summed E-state index contributed by atoms with van der Waals surface area (Å²) in [7, 11) is 3.61. The Morgan fingerprint density at radius 1 is 1.23 bits per heavy atom. The van der Waals surface area contributed by atoms with Crippen LogP contribution in [0, 0.1) is 17.2 Å². The molecule has 1 fully saturated rings. The number of likely N-dealkylation sites (N-methyl/N-ethyl adjacent to an activating group) is 1. The summed E-state index contributed by atoms with van der Waals surface area (Å²) in [4.78, 5) is 2.24. The Labute approximate surface area is 183 Å². The van der Waals surface area contributed by atoms with E-state index < -0.39 is 11.0 Å². The zero-order valence-electron chi connectivity index (χ0n) is 18.0. The molecule has 2 N–H and O–H groups in total. The van der Waals surface area contributed by atoms with E-state index in [2.05, 4.69) is 30.1 Å². The van der Waals surface area contributed by atoms with Gasteiger partial charge in [0.1, 0.15) is 0 Å². The van der Waals surface area contributed by atoms with Crippen molar-refractivity contribution in [2.45, 2.75) is 42.7 Å². The molecular weight excluding hydrogens is 388 g/mol. The van der Waals surface area contributed by atoms with E-state index in [9.17, 15) is 15.5 Å². The molecule has 5 heteroatoms. The molecule has 1 aliphatic heterocycles. The number of phenolic OH excluding ortho intramolecular Hbond substituents is 1. The van der Waals surface area contributed by atoms with Gasteiger partial charge in [-0.05, 0) is 56.5 Å². The summed E-state index contributed by atoms with van der Waals surface area (Å²) in [5, 5.41) is 33.6. The normalized spacial score (nSPS) is 31.7. The Morgan fingerprint density at radius 2 is 2.00 bits per heavy atom. The molecule has 0 spiro atoms. The van der Waals surface area contributed by atoms with E-state index in [1.165, 1.54) is 0 Å². The maximum Gasteiger partial charge on any atom is 0.162 e. The molecule has 31 heavy (non-hydrogen) atoms. The number of aromatic hydroxyl groups is 1. The number of nitrogens with zero attached hydrogens (tertiary/aromatic N) is 2. The Hall–Kier alpha value is -2.81. The van der Waals surface area contributed by atoms with Gasteiger partial charge in [-0.1, -0.05) is 42.5 Å². The molecule has 0 unspecified atom stereocenters. The highest BCUT2D eigenvalue weighted by Crippen LogP contribution is 2.60. The molecule has 0 saturated carbocycles. The summed E-state index contributed by atoms with van der Waals surface area (Å²) < 4.78 is 5.40. The van der Waals surface area contributed by atoms with Gasteiger partial charge >= 0.3 is 0 Å². The molecule has 0 amide bonds. The van der Waals surface area contributed by atoms with Crippen LogP contribution < -0.4 is 4.74 Å². The van der Waals surface area contributed by atoms with Crippen molar-refractivity contribution in [1.29, 1.82) is 5.26 Å². The number of benzene rings is 2. The minimum absolute atomic E-state index is 0.0613. The van der Waals surface area contributed by atoms with Crippen molar-refractivity contribution in [2.24, 2.45) is 5.92 Å². The third kappa shape index (κ3) is 2.75. The zero-order valence-corrected chi connectivity index (χ0v) is 18.0. The number of methoxy groups -OCH3 is 1. The van der Waals surface area contributed by atoms with Crippen LogP contribution >= 0.6 is 0 Å². The lowest BCUT2D eigenvalue weighted by Crippen LogP contribution is -2.71. The van der Waals surface area contributed by atoms with Gasteiger partial charge in [-0.25, -0.2) is 0 Å². The summed E-state index contributed by atoms with van der Waals surface area (Å²) in [6, 6.07) is 16.3. The SMILES string of the molecule is COc1ccc2c(c1O)[C@@]13C=C(C#N)[C@@H](Cc4ccccc4)C[C@@]1(O)[C@@H](C2)N(C)CC3. The highest BCUT2D eigenvalue weighted by Gasteiger charge is 2.64. The molecule has 2 bridgehead atoms. The molecule has 0 radical (unpaired) electrons. The van der Waals surface area contributed by atoms with Gasteiger partial charge in [0.05, 0.1) is 24.2 Å². The number of likely N-dealkylation sites (tertiary alicyclic amines) is 1. The highest BCUT2D eigenvalue weighted by atomic mass is 16.5. The van der Waals surface area contributed by atoms with E-state index in [1.807, 2.05) is 30.3 Å². The molecule has 5 nitrogen and oxygen atoms in total. The summed E-state index contributed by atoms with van der Waals surface area (Å²) in [6.07, 6.45) is 4.50. The molecule has 2 aromatic carbocycles. The van der Waals surface area contributed by atoms with Crippen molar-refractivity contribution in [3.8, 4) is 17.6 Å². The minimum Gasteiger partial charge on any atom is -0.504 e. The monoisotopic (exact) mass is 416 g/mol. The predicted octanol–water partition coefficient (Wildman–Crippen LogP) is 3.34. The summed E-state index contributed by atoms with van der Waals surface area (Å²) in [6.45, 7) is 0.793. The number of phenols is 1. The number of aliphatic hydroxyl groups is 1. The third-order valence-electron chi connectivity index (χ3n) is 7.87. The number of hydrogen-bond acceptors (Lipinski definition) is 5. The lowest BCUT2D eigenvalue weighted by atomic mass is 9.49. The largest absolute Gasteiger partial charge is 0.504 e. The quantitative estimate of drug-likeness (QED) is 0.803. The zero-order chi connectivity index (χ0) is 21.8. The van der Waals surface area contributed by atoms with Crippen molar-refractivity contribution in [3.05, 3.63) is 70.8 Å². The molecule has 0 aromatic heterocycles. The smallest absolute Gasteiger partial charge is 0.162 e. The first kappa shape index (κ1) is 20.1. The second-order valence-electron chi connectivity index (χ2n) is 9.30. The second-order valence-corrected chi connectivity index (χ2v) is 9.30. The van der Waals surface area contributed by atoms with E-state index in [4.69, 9.17) is 4.74 Å². The average molecular weight is 417 g/mol. The van der Waals surface area contributed by atoms with Crippen molar-refractivity contribution in [3.63, 3.8) is 0 Å². The maximum absolute atomic E-state index is 12.4. The van der Waals surface area contributed by atoms with Crippen LogP contribution in [0.3, 0.4) is 0 Å². The highest BCUT2D eigenvalue weighted by molar-refractivity contribution is 5.61. The van der Waals surface area contributed by atoms with Gasteiger partial charge in [-0.2, -0.15) is 5.26 Å². The third-order valence-corrected chi connectivity index (χ3v) is 7.87. The lowest BCUT2D eigenvalue weighted by molar-refractivity contribution is -0.140. The van der Waals surface area contributed by atoms with E-state index in [1.54, 1.807) is 13.2 Å². The molecule has 2 aromatic rings. The molecular formula is C26H28N2O3. The molecule has 2 aliphatic carbocycles. The van der Waals surface area contributed by atoms with Crippen LogP contribution in [0.5, 0.6) is 11.5 Å². The van der Waals surface area contributed by atoms with E-state index >= 15 is 0 Å². The topological polar surface area (TPSA) is 76.7 Å². The van der Waals surface area contributed by atoms with Gasteiger partial charge in [-0.3, -0.25) is 0 Å². The molecule has 4 atom stereocenters. The van der Waals surface area contributed by atoms with Crippen LogP contribution in [0.15, 0.2) is 54.1 Å². The van der Waals surface area contributed by atoms with E-state index in [0.717, 1.165) is 23.2 Å². The first-order valence-electron chi connectivity index (χ1n) is 10.9. The Balaban J connectivity index is 1.71. The Bertz CT molecular complexity index is 1090. The second kappa shape index (κ2) is 7.12. The Kier molecular flexibility index (Phi) is 4.62. The average Bonchev–Trinajstić information content (AvgIpc) is 2.76. The van der Waals surface area contributed by atoms with Crippen LogP contribution in [0.4, 0.5) is 0 Å². The number of ether oxygens (including phenoxy) is 1. The van der Waals surface area contributed by atoms with Crippen LogP contribution in [-0.2, 0) is 18.3 Å². The fourth-order valence-corrected chi connectivity index (χ4v) is 6.37. The van der Waals surface area contributed by atoms with Crippen molar-refractivity contribution in [1.82, 2.24) is 4.90 Å². The summed E-state index contributed by atoms with van der Waals surface area (Å²) in [5.41, 5.74) is 1.75. The number of hydrogen-bond donors (Lipinski definition) is 2. The number of fused-ring (bicyclic) bond motifs is 1. The first-order chi connectivity index (χ1) is 14.9. The standard InChI is InChI=1S/C26H28N2O3/c1-28-11-10-25-14-20(16-27)19(12-17-6-4-3-5-7-17)15-26(25,30)22(28)13-18-8-9-21(31-2)24(29)23(18)25/h3-9,14,19,22,29-30H,10-13,15H2,1-2H3/t19-,22+,25+,26+/m0/s1. The van der Waals surface area contributed by atoms with E-state index in [-0.39, 0.29) is 17.7 Å². The van der Waals surface area contributed by atoms with Gasteiger partial charge in [-0.15, -0.1) is 0 Å². The fourth-order valence-electron chi connectivity index (χ4n) is 6.37. The number of nitriles is 1. The number of rotatable bonds is 3. The minimum atomic E-state index is -1.07. The summed E-state index contributed by atoms with van der Waals surface area (Å²) >= 11 is 0. The van der Waals surface area contributed by atoms with Crippen LogP contribution in [0.25, 0.3) is 0 Å². The maximum atomic E-state index is 12.4. The van der Waals surface area contributed by atoms with E-state index in [0.29, 0.717) is 37.0 Å². The van der Waals surface area contributed by atoms with Crippen LogP contribution in [0.2, 0.25) is 0 Å². The first-order valence-corrected chi connectivity index (χ1v) is 10.9. The Morgan fingerprint density at radius 3 is 2.71 bits per heavy atom.